The number of aryl methyl sites for hydroxylation is 3. The molecular formula is C14H19N2O+. The van der Waals surface area contributed by atoms with Crippen LogP contribution in [0, 0.1) is 20.8 Å². The van der Waals surface area contributed by atoms with Crippen LogP contribution < -0.4 is 4.57 Å². The first-order valence-electron chi connectivity index (χ1n) is 5.89. The van der Waals surface area contributed by atoms with E-state index in [0.29, 0.717) is 6.54 Å². The number of imidazole rings is 1. The quantitative estimate of drug-likeness (QED) is 0.778. The third kappa shape index (κ3) is 2.24. The first kappa shape index (κ1) is 11.9. The van der Waals surface area contributed by atoms with Crippen molar-refractivity contribution in [2.45, 2.75) is 27.3 Å². The van der Waals surface area contributed by atoms with Crippen LogP contribution in [0.3, 0.4) is 0 Å². The normalized spacial score (nSPS) is 10.8. The maximum Gasteiger partial charge on any atom is 0.287 e. The number of aliphatic hydroxyl groups is 1. The van der Waals surface area contributed by atoms with Crippen molar-refractivity contribution < 1.29 is 9.67 Å². The number of hydrogen-bond acceptors (Lipinski definition) is 1. The second-order valence-electron chi connectivity index (χ2n) is 4.50. The average Bonchev–Trinajstić information content (AvgIpc) is 2.65. The molecule has 0 radical (unpaired) electrons. The Morgan fingerprint density at radius 2 is 1.82 bits per heavy atom. The number of aromatic amines is 1. The Hall–Kier alpha value is -1.61. The van der Waals surface area contributed by atoms with E-state index in [0.717, 1.165) is 5.82 Å². The maximum absolute atomic E-state index is 9.06. The van der Waals surface area contributed by atoms with Gasteiger partial charge in [0.05, 0.1) is 12.2 Å². The van der Waals surface area contributed by atoms with Gasteiger partial charge in [-0.3, -0.25) is 0 Å². The van der Waals surface area contributed by atoms with E-state index in [1.54, 1.807) is 0 Å². The Bertz CT molecular complexity index is 506. The van der Waals surface area contributed by atoms with Gasteiger partial charge in [0.15, 0.2) is 0 Å². The summed E-state index contributed by atoms with van der Waals surface area (Å²) in [5.74, 6) is 1.06. The number of benzene rings is 1. The molecule has 3 nitrogen and oxygen atoms in total. The number of nitrogens with zero attached hydrogens (tertiary/aromatic N) is 1. The fraction of sp³-hybridized carbons (Fsp3) is 0.357. The van der Waals surface area contributed by atoms with Crippen molar-refractivity contribution >= 4 is 0 Å². The van der Waals surface area contributed by atoms with Gasteiger partial charge in [-0.05, 0) is 31.9 Å². The Morgan fingerprint density at radius 1 is 1.18 bits per heavy atom. The molecule has 0 saturated carbocycles. The van der Waals surface area contributed by atoms with Crippen molar-refractivity contribution in [3.63, 3.8) is 0 Å². The number of rotatable bonds is 3. The van der Waals surface area contributed by atoms with Gasteiger partial charge in [0, 0.05) is 0 Å². The van der Waals surface area contributed by atoms with Crippen LogP contribution in [-0.4, -0.2) is 16.7 Å². The standard InChI is InChI=1S/C14H18N2O/c1-10-8-11(2)13(12(3)9-10)14-15-4-5-16(14)6-7-17/h4-5,8-9,17H,6-7H2,1-3H3/p+1. The molecule has 0 aliphatic rings. The van der Waals surface area contributed by atoms with Gasteiger partial charge in [0.25, 0.3) is 5.82 Å². The van der Waals surface area contributed by atoms with Crippen LogP contribution in [-0.2, 0) is 6.54 Å². The zero-order chi connectivity index (χ0) is 12.4. The molecule has 2 aromatic rings. The summed E-state index contributed by atoms with van der Waals surface area (Å²) in [6.45, 7) is 7.13. The minimum absolute atomic E-state index is 0.152. The van der Waals surface area contributed by atoms with Gasteiger partial charge in [0.1, 0.15) is 18.9 Å². The second kappa shape index (κ2) is 4.72. The molecule has 0 spiro atoms. The van der Waals surface area contributed by atoms with E-state index in [4.69, 9.17) is 5.11 Å². The summed E-state index contributed by atoms with van der Waals surface area (Å²) in [7, 11) is 0. The molecular weight excluding hydrogens is 212 g/mol. The van der Waals surface area contributed by atoms with E-state index in [2.05, 4.69) is 37.9 Å². The number of hydrogen-bond donors (Lipinski definition) is 2. The molecule has 0 atom stereocenters. The largest absolute Gasteiger partial charge is 0.392 e. The lowest BCUT2D eigenvalue weighted by Gasteiger charge is -2.08. The lowest BCUT2D eigenvalue weighted by Crippen LogP contribution is -2.36. The van der Waals surface area contributed by atoms with E-state index >= 15 is 0 Å². The zero-order valence-electron chi connectivity index (χ0n) is 10.6. The number of H-pyrrole nitrogens is 1. The fourth-order valence-corrected chi connectivity index (χ4v) is 2.43. The molecule has 0 aliphatic carbocycles. The smallest absolute Gasteiger partial charge is 0.287 e. The molecule has 1 aromatic carbocycles. The molecule has 3 heteroatoms. The predicted octanol–water partition coefficient (Wildman–Crippen LogP) is 1.89. The first-order valence-corrected chi connectivity index (χ1v) is 5.89. The van der Waals surface area contributed by atoms with E-state index in [-0.39, 0.29) is 6.61 Å². The Morgan fingerprint density at radius 3 is 2.41 bits per heavy atom. The van der Waals surface area contributed by atoms with Crippen LogP contribution in [0.2, 0.25) is 0 Å². The Labute approximate surface area is 102 Å². The van der Waals surface area contributed by atoms with Crippen molar-refractivity contribution in [2.24, 2.45) is 0 Å². The zero-order valence-corrected chi connectivity index (χ0v) is 10.6. The Balaban J connectivity index is 2.56. The lowest BCUT2D eigenvalue weighted by atomic mass is 9.99. The highest BCUT2D eigenvalue weighted by Crippen LogP contribution is 2.24. The number of nitrogens with one attached hydrogen (secondary N) is 1. The molecule has 17 heavy (non-hydrogen) atoms. The van der Waals surface area contributed by atoms with Gasteiger partial charge in [-0.2, -0.15) is 0 Å². The lowest BCUT2D eigenvalue weighted by molar-refractivity contribution is -0.686. The molecule has 2 rings (SSSR count). The van der Waals surface area contributed by atoms with Crippen LogP contribution >= 0.6 is 0 Å². The van der Waals surface area contributed by atoms with Crippen LogP contribution in [0.5, 0.6) is 0 Å². The second-order valence-corrected chi connectivity index (χ2v) is 4.50. The molecule has 0 unspecified atom stereocenters. The first-order chi connectivity index (χ1) is 8.13. The third-order valence-corrected chi connectivity index (χ3v) is 3.02. The third-order valence-electron chi connectivity index (χ3n) is 3.02. The monoisotopic (exact) mass is 231 g/mol. The number of aromatic nitrogens is 2. The van der Waals surface area contributed by atoms with Gasteiger partial charge >= 0.3 is 0 Å². The SMILES string of the molecule is Cc1cc(C)c(-c2[nH]cc[n+]2CCO)c(C)c1. The molecule has 2 N–H and O–H groups in total. The van der Waals surface area contributed by atoms with Crippen LogP contribution in [0.1, 0.15) is 16.7 Å². The summed E-state index contributed by atoms with van der Waals surface area (Å²) in [4.78, 5) is 3.26. The van der Waals surface area contributed by atoms with Crippen molar-refractivity contribution in [3.05, 3.63) is 41.2 Å². The summed E-state index contributed by atoms with van der Waals surface area (Å²) in [5, 5.41) is 9.06. The Kier molecular flexibility index (Phi) is 3.29. The molecule has 1 heterocycles. The predicted molar refractivity (Wildman–Crippen MR) is 67.7 cm³/mol. The van der Waals surface area contributed by atoms with Crippen molar-refractivity contribution in [3.8, 4) is 11.4 Å². The summed E-state index contributed by atoms with van der Waals surface area (Å²) in [6.07, 6.45) is 3.87. The van der Waals surface area contributed by atoms with Crippen LogP contribution in [0.4, 0.5) is 0 Å². The molecule has 90 valence electrons. The summed E-state index contributed by atoms with van der Waals surface area (Å²) >= 11 is 0. The van der Waals surface area contributed by atoms with E-state index in [1.165, 1.54) is 22.3 Å². The van der Waals surface area contributed by atoms with E-state index in [1.807, 2.05) is 17.0 Å². The highest BCUT2D eigenvalue weighted by molar-refractivity contribution is 5.63. The van der Waals surface area contributed by atoms with E-state index < -0.39 is 0 Å². The topological polar surface area (TPSA) is 39.9 Å². The van der Waals surface area contributed by atoms with Crippen LogP contribution in [0.15, 0.2) is 24.5 Å². The molecule has 1 aromatic heterocycles. The van der Waals surface area contributed by atoms with Crippen molar-refractivity contribution in [1.82, 2.24) is 4.98 Å². The highest BCUT2D eigenvalue weighted by atomic mass is 16.3. The van der Waals surface area contributed by atoms with Gasteiger partial charge < -0.3 is 5.11 Å². The average molecular weight is 231 g/mol. The van der Waals surface area contributed by atoms with Gasteiger partial charge in [-0.1, -0.05) is 17.7 Å². The van der Waals surface area contributed by atoms with Gasteiger partial charge in [0.2, 0.25) is 0 Å². The van der Waals surface area contributed by atoms with Crippen molar-refractivity contribution in [2.75, 3.05) is 6.61 Å². The summed E-state index contributed by atoms with van der Waals surface area (Å²) in [5.41, 5.74) is 5.03. The van der Waals surface area contributed by atoms with Crippen LogP contribution in [0.25, 0.3) is 11.4 Å². The van der Waals surface area contributed by atoms with Crippen molar-refractivity contribution in [1.29, 1.82) is 0 Å². The van der Waals surface area contributed by atoms with Gasteiger partial charge in [-0.15, -0.1) is 0 Å². The minimum atomic E-state index is 0.152. The van der Waals surface area contributed by atoms with E-state index in [9.17, 15) is 0 Å². The minimum Gasteiger partial charge on any atom is -0.392 e. The summed E-state index contributed by atoms with van der Waals surface area (Å²) in [6, 6.07) is 4.37. The molecule has 0 saturated heterocycles. The molecule has 0 aliphatic heterocycles. The highest BCUT2D eigenvalue weighted by Gasteiger charge is 2.17. The molecule has 0 bridgehead atoms. The number of aliphatic hydroxyl groups excluding tert-OH is 1. The molecule has 0 amide bonds. The molecule has 0 fully saturated rings. The maximum atomic E-state index is 9.06. The fourth-order valence-electron chi connectivity index (χ4n) is 2.43. The van der Waals surface area contributed by atoms with Gasteiger partial charge in [-0.25, -0.2) is 9.55 Å². The summed E-state index contributed by atoms with van der Waals surface area (Å²) < 4.78 is 2.05.